The lowest BCUT2D eigenvalue weighted by Crippen LogP contribution is -2.22. The number of H-pyrrole nitrogens is 1. The molecule has 9 heteroatoms. The van der Waals surface area contributed by atoms with Gasteiger partial charge in [-0.1, -0.05) is 6.07 Å². The highest BCUT2D eigenvalue weighted by Crippen LogP contribution is 2.43. The van der Waals surface area contributed by atoms with Crippen molar-refractivity contribution in [3.8, 4) is 11.9 Å². The van der Waals surface area contributed by atoms with E-state index < -0.39 is 23.5 Å². The molecule has 134 valence electrons. The summed E-state index contributed by atoms with van der Waals surface area (Å²) in [5, 5.41) is 16.0. The second-order valence-electron chi connectivity index (χ2n) is 5.49. The molecule has 2 heterocycles. The Morgan fingerprint density at radius 3 is 2.92 bits per heavy atom. The monoisotopic (exact) mass is 360 g/mol. The lowest BCUT2D eigenvalue weighted by Gasteiger charge is -2.24. The number of carbonyl (C=O) groups excluding carboxylic acids is 1. The second-order valence-corrected chi connectivity index (χ2v) is 5.49. The van der Waals surface area contributed by atoms with Gasteiger partial charge >= 0.3 is 5.97 Å². The molecule has 3 N–H and O–H groups in total. The summed E-state index contributed by atoms with van der Waals surface area (Å²) in [5.74, 6) is -3.34. The molecule has 1 aromatic carbocycles. The summed E-state index contributed by atoms with van der Waals surface area (Å²) < 4.78 is 37.9. The maximum atomic E-state index is 14.4. The highest BCUT2D eigenvalue weighted by atomic mass is 19.1. The average Bonchev–Trinajstić information content (AvgIpc) is 2.96. The number of aromatic nitrogens is 2. The molecule has 0 saturated heterocycles. The van der Waals surface area contributed by atoms with Crippen molar-refractivity contribution >= 4 is 5.97 Å². The minimum absolute atomic E-state index is 0.0157. The maximum absolute atomic E-state index is 14.4. The van der Waals surface area contributed by atoms with Gasteiger partial charge in [0, 0.05) is 11.6 Å². The van der Waals surface area contributed by atoms with E-state index >= 15 is 0 Å². The van der Waals surface area contributed by atoms with E-state index in [9.17, 15) is 18.8 Å². The molecule has 0 bridgehead atoms. The zero-order valence-corrected chi connectivity index (χ0v) is 13.7. The summed E-state index contributed by atoms with van der Waals surface area (Å²) in [6, 6.07) is 4.89. The third-order valence-corrected chi connectivity index (χ3v) is 3.92. The van der Waals surface area contributed by atoms with Crippen LogP contribution in [0.15, 0.2) is 29.7 Å². The van der Waals surface area contributed by atoms with Crippen molar-refractivity contribution < 1.29 is 23.0 Å². The smallest absolute Gasteiger partial charge is 0.311 e. The van der Waals surface area contributed by atoms with Gasteiger partial charge in [-0.2, -0.15) is 5.26 Å². The van der Waals surface area contributed by atoms with Gasteiger partial charge in [-0.3, -0.25) is 9.89 Å². The first-order valence-electron chi connectivity index (χ1n) is 7.71. The number of benzene rings is 1. The Balaban J connectivity index is 2.15. The Morgan fingerprint density at radius 2 is 2.27 bits per heavy atom. The quantitative estimate of drug-likeness (QED) is 0.806. The van der Waals surface area contributed by atoms with Crippen molar-refractivity contribution in [2.45, 2.75) is 19.3 Å². The number of fused-ring (bicyclic) bond motifs is 1. The first-order chi connectivity index (χ1) is 12.5. The van der Waals surface area contributed by atoms with Gasteiger partial charge in [0.25, 0.3) is 0 Å². The number of nitrogens with one attached hydrogen (secondary N) is 1. The van der Waals surface area contributed by atoms with Crippen molar-refractivity contribution in [1.29, 1.82) is 5.26 Å². The SMILES string of the molecule is CCOC(=O)Cc1[nH]nc2c1[C@@H](c1ccc(F)cc1F)C(C#N)=C(N)O2. The fourth-order valence-electron chi connectivity index (χ4n) is 2.85. The van der Waals surface area contributed by atoms with Gasteiger partial charge in [0.1, 0.15) is 23.3 Å². The van der Waals surface area contributed by atoms with Crippen LogP contribution in [0, 0.1) is 23.0 Å². The summed E-state index contributed by atoms with van der Waals surface area (Å²) >= 11 is 0. The number of hydrogen-bond donors (Lipinski definition) is 2. The van der Waals surface area contributed by atoms with Crippen LogP contribution in [-0.4, -0.2) is 22.8 Å². The molecular weight excluding hydrogens is 346 g/mol. The second kappa shape index (κ2) is 6.84. The van der Waals surface area contributed by atoms with Gasteiger partial charge in [0.05, 0.1) is 30.2 Å². The van der Waals surface area contributed by atoms with Crippen LogP contribution in [0.1, 0.15) is 29.7 Å². The molecule has 0 fully saturated rings. The molecule has 0 unspecified atom stereocenters. The van der Waals surface area contributed by atoms with Gasteiger partial charge in [-0.05, 0) is 13.0 Å². The van der Waals surface area contributed by atoms with E-state index in [4.69, 9.17) is 15.2 Å². The van der Waals surface area contributed by atoms with E-state index in [2.05, 4.69) is 10.2 Å². The zero-order valence-electron chi connectivity index (χ0n) is 13.7. The molecular formula is C17H14F2N4O3. The number of ether oxygens (including phenoxy) is 2. The molecule has 1 atom stereocenters. The fourth-order valence-corrected chi connectivity index (χ4v) is 2.85. The average molecular weight is 360 g/mol. The molecule has 7 nitrogen and oxygen atoms in total. The number of nitriles is 1. The predicted octanol–water partition coefficient (Wildman–Crippen LogP) is 2.01. The normalized spacial score (nSPS) is 15.8. The number of nitrogens with zero attached hydrogens (tertiary/aromatic N) is 2. The van der Waals surface area contributed by atoms with Crippen LogP contribution >= 0.6 is 0 Å². The number of rotatable bonds is 4. The van der Waals surface area contributed by atoms with Crippen LogP contribution in [-0.2, 0) is 16.0 Å². The van der Waals surface area contributed by atoms with Crippen molar-refractivity contribution in [3.63, 3.8) is 0 Å². The summed E-state index contributed by atoms with van der Waals surface area (Å²) in [7, 11) is 0. The fraction of sp³-hybridized carbons (Fsp3) is 0.235. The van der Waals surface area contributed by atoms with Crippen LogP contribution in [0.4, 0.5) is 8.78 Å². The predicted molar refractivity (Wildman–Crippen MR) is 84.6 cm³/mol. The summed E-state index contributed by atoms with van der Waals surface area (Å²) in [6.45, 7) is 1.86. The number of hydrogen-bond acceptors (Lipinski definition) is 6. The van der Waals surface area contributed by atoms with Gasteiger partial charge in [-0.15, -0.1) is 5.10 Å². The lowest BCUT2D eigenvalue weighted by molar-refractivity contribution is -0.142. The summed E-state index contributed by atoms with van der Waals surface area (Å²) in [5.41, 5.74) is 6.30. The van der Waals surface area contributed by atoms with Gasteiger partial charge in [0.15, 0.2) is 0 Å². The minimum Gasteiger partial charge on any atom is -0.466 e. The number of nitrogens with two attached hydrogens (primary N) is 1. The van der Waals surface area contributed by atoms with E-state index in [1.165, 1.54) is 6.07 Å². The molecule has 1 aliphatic heterocycles. The molecule has 1 aromatic heterocycles. The van der Waals surface area contributed by atoms with Gasteiger partial charge in [0.2, 0.25) is 11.8 Å². The van der Waals surface area contributed by atoms with Crippen molar-refractivity contribution in [1.82, 2.24) is 10.2 Å². The summed E-state index contributed by atoms with van der Waals surface area (Å²) in [4.78, 5) is 11.8. The number of esters is 1. The Hall–Kier alpha value is -3.41. The van der Waals surface area contributed by atoms with Crippen molar-refractivity contribution in [2.24, 2.45) is 5.73 Å². The number of halogens is 2. The third-order valence-electron chi connectivity index (χ3n) is 3.92. The van der Waals surface area contributed by atoms with E-state index in [1.54, 1.807) is 6.92 Å². The van der Waals surface area contributed by atoms with E-state index in [-0.39, 0.29) is 41.5 Å². The molecule has 0 radical (unpaired) electrons. The first-order valence-corrected chi connectivity index (χ1v) is 7.71. The van der Waals surface area contributed by atoms with Crippen molar-refractivity contribution in [3.05, 3.63) is 58.1 Å². The van der Waals surface area contributed by atoms with Crippen molar-refractivity contribution in [2.75, 3.05) is 6.61 Å². The standard InChI is InChI=1S/C17H14F2N4O3/c1-2-25-13(24)6-12-15-14(9-4-3-8(18)5-11(9)19)10(7-20)16(21)26-17(15)23-22-12/h3-5,14H,2,6,21H2,1H3,(H,22,23)/t14-/m0/s1. The zero-order chi connectivity index (χ0) is 18.8. The third kappa shape index (κ3) is 2.97. The van der Waals surface area contributed by atoms with E-state index in [0.717, 1.165) is 6.07 Å². The largest absolute Gasteiger partial charge is 0.466 e. The van der Waals surface area contributed by atoms with Gasteiger partial charge < -0.3 is 15.2 Å². The van der Waals surface area contributed by atoms with Crippen LogP contribution in [0.3, 0.4) is 0 Å². The highest BCUT2D eigenvalue weighted by molar-refractivity contribution is 5.73. The molecule has 1 aliphatic rings. The van der Waals surface area contributed by atoms with E-state index in [1.807, 2.05) is 6.07 Å². The molecule has 3 rings (SSSR count). The first kappa shape index (κ1) is 17.4. The lowest BCUT2D eigenvalue weighted by atomic mass is 9.83. The molecule has 0 aliphatic carbocycles. The molecule has 26 heavy (non-hydrogen) atoms. The Labute approximate surface area is 147 Å². The van der Waals surface area contributed by atoms with Crippen LogP contribution < -0.4 is 10.5 Å². The molecule has 0 spiro atoms. The highest BCUT2D eigenvalue weighted by Gasteiger charge is 2.37. The topological polar surface area (TPSA) is 114 Å². The van der Waals surface area contributed by atoms with Crippen LogP contribution in [0.2, 0.25) is 0 Å². The Kier molecular flexibility index (Phi) is 4.58. The van der Waals surface area contributed by atoms with Gasteiger partial charge in [-0.25, -0.2) is 8.78 Å². The Bertz CT molecular complexity index is 946. The molecule has 2 aromatic rings. The summed E-state index contributed by atoms with van der Waals surface area (Å²) in [6.07, 6.45) is -0.183. The minimum atomic E-state index is -0.993. The molecule has 0 saturated carbocycles. The number of allylic oxidation sites excluding steroid dienone is 1. The maximum Gasteiger partial charge on any atom is 0.311 e. The number of aromatic amines is 1. The van der Waals surface area contributed by atoms with Crippen LogP contribution in [0.25, 0.3) is 0 Å². The Morgan fingerprint density at radius 1 is 1.50 bits per heavy atom. The van der Waals surface area contributed by atoms with Crippen LogP contribution in [0.5, 0.6) is 5.88 Å². The molecule has 0 amide bonds. The van der Waals surface area contributed by atoms with E-state index in [0.29, 0.717) is 11.8 Å². The number of carbonyl (C=O) groups is 1.